The van der Waals surface area contributed by atoms with Crippen LogP contribution in [0.25, 0.3) is 0 Å². The molecule has 0 saturated heterocycles. The van der Waals surface area contributed by atoms with Crippen LogP contribution >= 0.6 is 11.3 Å². The van der Waals surface area contributed by atoms with Gasteiger partial charge in [0.15, 0.2) is 11.6 Å². The van der Waals surface area contributed by atoms with Gasteiger partial charge in [0.2, 0.25) is 0 Å². The fourth-order valence-corrected chi connectivity index (χ4v) is 1.60. The molecule has 2 heterocycles. The van der Waals surface area contributed by atoms with Gasteiger partial charge in [0.05, 0.1) is 6.20 Å². The Hall–Kier alpha value is -1.62. The largest absolute Gasteiger partial charge is 0.483 e. The number of nitrogens with zero attached hydrogens (tertiary/aromatic N) is 2. The van der Waals surface area contributed by atoms with Crippen molar-refractivity contribution in [2.45, 2.75) is 6.61 Å². The van der Waals surface area contributed by atoms with Crippen LogP contribution in [0.4, 0.5) is 5.82 Å². The van der Waals surface area contributed by atoms with Gasteiger partial charge < -0.3 is 10.5 Å². The van der Waals surface area contributed by atoms with Crippen LogP contribution in [0, 0.1) is 0 Å². The summed E-state index contributed by atoms with van der Waals surface area (Å²) in [7, 11) is 0. The van der Waals surface area contributed by atoms with E-state index in [-0.39, 0.29) is 0 Å². The minimum atomic E-state index is 0.372. The van der Waals surface area contributed by atoms with Gasteiger partial charge in [-0.3, -0.25) is 0 Å². The zero-order chi connectivity index (χ0) is 9.80. The molecule has 0 amide bonds. The molecule has 0 aliphatic rings. The van der Waals surface area contributed by atoms with Gasteiger partial charge in [-0.05, 0) is 11.4 Å². The Morgan fingerprint density at radius 1 is 1.50 bits per heavy atom. The molecule has 0 aliphatic heterocycles. The summed E-state index contributed by atoms with van der Waals surface area (Å²) in [5.41, 5.74) is 5.59. The van der Waals surface area contributed by atoms with Crippen LogP contribution in [0.3, 0.4) is 0 Å². The molecular weight excluding hydrogens is 198 g/mol. The summed E-state index contributed by atoms with van der Waals surface area (Å²) in [6, 6.07) is 3.98. The monoisotopic (exact) mass is 207 g/mol. The van der Waals surface area contributed by atoms with E-state index in [1.807, 2.05) is 17.5 Å². The van der Waals surface area contributed by atoms with Gasteiger partial charge in [0, 0.05) is 4.88 Å². The van der Waals surface area contributed by atoms with Crippen LogP contribution in [0.1, 0.15) is 4.88 Å². The van der Waals surface area contributed by atoms with E-state index in [4.69, 9.17) is 10.5 Å². The third-order valence-electron chi connectivity index (χ3n) is 1.66. The van der Waals surface area contributed by atoms with Crippen molar-refractivity contribution < 1.29 is 4.74 Å². The second kappa shape index (κ2) is 4.06. The first kappa shape index (κ1) is 8.96. The molecule has 0 atom stereocenters. The van der Waals surface area contributed by atoms with Crippen molar-refractivity contribution in [2.24, 2.45) is 0 Å². The number of anilines is 1. The summed E-state index contributed by atoms with van der Waals surface area (Å²) < 4.78 is 5.44. The van der Waals surface area contributed by atoms with E-state index in [0.717, 1.165) is 4.88 Å². The lowest BCUT2D eigenvalue weighted by Gasteiger charge is -2.04. The smallest absolute Gasteiger partial charge is 0.180 e. The number of aromatic nitrogens is 2. The second-order valence-electron chi connectivity index (χ2n) is 2.64. The van der Waals surface area contributed by atoms with Crippen molar-refractivity contribution in [3.8, 4) is 5.75 Å². The Bertz CT molecular complexity index is 402. The van der Waals surface area contributed by atoms with Crippen LogP contribution in [0.2, 0.25) is 0 Å². The molecule has 0 aromatic carbocycles. The molecule has 2 aromatic heterocycles. The van der Waals surface area contributed by atoms with Gasteiger partial charge in [-0.2, -0.15) is 0 Å². The fraction of sp³-hybridized carbons (Fsp3) is 0.111. The number of hydrogen-bond donors (Lipinski definition) is 1. The van der Waals surface area contributed by atoms with Gasteiger partial charge >= 0.3 is 0 Å². The minimum Gasteiger partial charge on any atom is -0.483 e. The molecule has 4 nitrogen and oxygen atoms in total. The van der Waals surface area contributed by atoms with Crippen LogP contribution in [-0.2, 0) is 6.61 Å². The van der Waals surface area contributed by atoms with E-state index in [1.54, 1.807) is 17.5 Å². The quantitative estimate of drug-likeness (QED) is 0.832. The average molecular weight is 207 g/mol. The topological polar surface area (TPSA) is 61.0 Å². The van der Waals surface area contributed by atoms with E-state index in [2.05, 4.69) is 9.97 Å². The van der Waals surface area contributed by atoms with Gasteiger partial charge in [0.1, 0.15) is 12.9 Å². The molecule has 0 radical (unpaired) electrons. The molecule has 2 aromatic rings. The highest BCUT2D eigenvalue weighted by Crippen LogP contribution is 2.18. The molecule has 5 heteroatoms. The molecule has 2 N–H and O–H groups in total. The normalized spacial score (nSPS) is 10.0. The lowest BCUT2D eigenvalue weighted by Crippen LogP contribution is -1.99. The Kier molecular flexibility index (Phi) is 2.60. The van der Waals surface area contributed by atoms with Crippen molar-refractivity contribution in [3.63, 3.8) is 0 Å². The molecule has 0 aliphatic carbocycles. The van der Waals surface area contributed by atoms with Gasteiger partial charge in [-0.15, -0.1) is 11.3 Å². The maximum Gasteiger partial charge on any atom is 0.180 e. The van der Waals surface area contributed by atoms with Crippen LogP contribution < -0.4 is 10.5 Å². The summed E-state index contributed by atoms with van der Waals surface area (Å²) in [4.78, 5) is 8.80. The predicted octanol–water partition coefficient (Wildman–Crippen LogP) is 1.70. The molecule has 0 saturated carbocycles. The number of thiophene rings is 1. The Labute approximate surface area is 85.4 Å². The van der Waals surface area contributed by atoms with Crippen molar-refractivity contribution in [1.29, 1.82) is 0 Å². The van der Waals surface area contributed by atoms with Crippen LogP contribution in [0.5, 0.6) is 5.75 Å². The standard InChI is InChI=1S/C9H9N3OS/c10-9-8(4-11-6-12-9)13-5-7-2-1-3-14-7/h1-4,6H,5H2,(H2,10,11,12). The zero-order valence-corrected chi connectivity index (χ0v) is 8.20. The van der Waals surface area contributed by atoms with Crippen LogP contribution in [-0.4, -0.2) is 9.97 Å². The minimum absolute atomic E-state index is 0.372. The van der Waals surface area contributed by atoms with E-state index < -0.39 is 0 Å². The summed E-state index contributed by atoms with van der Waals surface area (Å²) in [6.07, 6.45) is 2.96. The first-order chi connectivity index (χ1) is 6.86. The zero-order valence-electron chi connectivity index (χ0n) is 7.38. The lowest BCUT2D eigenvalue weighted by molar-refractivity contribution is 0.309. The average Bonchev–Trinajstić information content (AvgIpc) is 2.69. The van der Waals surface area contributed by atoms with Crippen molar-refractivity contribution in [2.75, 3.05) is 5.73 Å². The lowest BCUT2D eigenvalue weighted by atomic mass is 10.5. The van der Waals surface area contributed by atoms with Crippen molar-refractivity contribution in [3.05, 3.63) is 34.9 Å². The number of ether oxygens (including phenoxy) is 1. The van der Waals surface area contributed by atoms with Gasteiger partial charge in [-0.25, -0.2) is 9.97 Å². The second-order valence-corrected chi connectivity index (χ2v) is 3.67. The molecular formula is C9H9N3OS. The Balaban J connectivity index is 2.02. The highest BCUT2D eigenvalue weighted by Gasteiger charge is 2.01. The van der Waals surface area contributed by atoms with Gasteiger partial charge in [-0.1, -0.05) is 6.07 Å². The number of rotatable bonds is 3. The SMILES string of the molecule is Nc1ncncc1OCc1cccs1. The van der Waals surface area contributed by atoms with Crippen molar-refractivity contribution >= 4 is 17.2 Å². The molecule has 0 fully saturated rings. The maximum atomic E-state index is 5.59. The molecule has 72 valence electrons. The molecule has 0 spiro atoms. The summed E-state index contributed by atoms with van der Waals surface area (Å²) in [6.45, 7) is 0.509. The third kappa shape index (κ3) is 2.00. The predicted molar refractivity (Wildman–Crippen MR) is 55.1 cm³/mol. The number of nitrogen functional groups attached to an aromatic ring is 1. The van der Waals surface area contributed by atoms with Crippen LogP contribution in [0.15, 0.2) is 30.0 Å². The first-order valence-corrected chi connectivity index (χ1v) is 4.95. The summed E-state index contributed by atoms with van der Waals surface area (Å²) in [5.74, 6) is 0.900. The van der Waals surface area contributed by atoms with Gasteiger partial charge in [0.25, 0.3) is 0 Å². The van der Waals surface area contributed by atoms with E-state index in [0.29, 0.717) is 18.2 Å². The van der Waals surface area contributed by atoms with E-state index in [9.17, 15) is 0 Å². The maximum absolute atomic E-state index is 5.59. The highest BCUT2D eigenvalue weighted by molar-refractivity contribution is 7.09. The fourth-order valence-electron chi connectivity index (χ4n) is 0.981. The molecule has 2 rings (SSSR count). The molecule has 14 heavy (non-hydrogen) atoms. The highest BCUT2D eigenvalue weighted by atomic mass is 32.1. The van der Waals surface area contributed by atoms with E-state index in [1.165, 1.54) is 6.33 Å². The number of hydrogen-bond acceptors (Lipinski definition) is 5. The Morgan fingerprint density at radius 2 is 2.43 bits per heavy atom. The Morgan fingerprint density at radius 3 is 3.14 bits per heavy atom. The summed E-state index contributed by atoms with van der Waals surface area (Å²) >= 11 is 1.64. The van der Waals surface area contributed by atoms with Crippen molar-refractivity contribution in [1.82, 2.24) is 9.97 Å². The third-order valence-corrected chi connectivity index (χ3v) is 2.51. The number of nitrogens with two attached hydrogens (primary N) is 1. The molecule has 0 unspecified atom stereocenters. The van der Waals surface area contributed by atoms with E-state index >= 15 is 0 Å². The summed E-state index contributed by atoms with van der Waals surface area (Å²) in [5, 5.41) is 2.00. The molecule has 0 bridgehead atoms. The first-order valence-electron chi connectivity index (χ1n) is 4.07.